The molecule has 0 spiro atoms. The Bertz CT molecular complexity index is 816. The maximum Gasteiger partial charge on any atom is 0.436 e. The van der Waals surface area contributed by atoms with Crippen LogP contribution in [0.3, 0.4) is 0 Å². The van der Waals surface area contributed by atoms with E-state index in [-0.39, 0.29) is 5.56 Å². The van der Waals surface area contributed by atoms with E-state index in [1.807, 2.05) is 30.3 Å². The van der Waals surface area contributed by atoms with Crippen molar-refractivity contribution in [3.63, 3.8) is 0 Å². The summed E-state index contributed by atoms with van der Waals surface area (Å²) in [7, 11) is 0. The highest BCUT2D eigenvalue weighted by Gasteiger charge is 2.28. The topological polar surface area (TPSA) is 84.9 Å². The summed E-state index contributed by atoms with van der Waals surface area (Å²) in [5.41, 5.74) is 4.27. The van der Waals surface area contributed by atoms with Crippen LogP contribution < -0.4 is 5.43 Å². The Morgan fingerprint density at radius 2 is 1.32 bits per heavy atom. The van der Waals surface area contributed by atoms with Gasteiger partial charge in [0, 0.05) is 5.56 Å². The number of hydrogen-bond acceptors (Lipinski definition) is 5. The number of hydrogen-bond donors (Lipinski definition) is 1. The van der Waals surface area contributed by atoms with Crippen LogP contribution in [-0.2, 0) is 9.47 Å². The number of hydrazine groups is 1. The van der Waals surface area contributed by atoms with E-state index in [1.165, 1.54) is 0 Å². The van der Waals surface area contributed by atoms with E-state index in [0.29, 0.717) is 5.01 Å². The van der Waals surface area contributed by atoms with Crippen molar-refractivity contribution in [1.29, 1.82) is 0 Å². The Morgan fingerprint density at radius 3 is 1.86 bits per heavy atom. The van der Waals surface area contributed by atoms with Crippen LogP contribution in [0.4, 0.5) is 9.59 Å². The molecule has 0 aliphatic rings. The molecule has 0 bridgehead atoms. The maximum atomic E-state index is 12.8. The predicted octanol–water partition coefficient (Wildman–Crippen LogP) is 4.39. The highest BCUT2D eigenvalue weighted by atomic mass is 16.6. The Morgan fingerprint density at radius 1 is 0.786 bits per heavy atom. The van der Waals surface area contributed by atoms with Gasteiger partial charge in [0.05, 0.1) is 12.2 Å². The normalized spacial score (nSPS) is 10.5. The lowest BCUT2D eigenvalue weighted by Gasteiger charge is -2.22. The zero-order valence-electron chi connectivity index (χ0n) is 16.3. The van der Waals surface area contributed by atoms with E-state index >= 15 is 0 Å². The third-order valence-electron chi connectivity index (χ3n) is 3.51. The Labute approximate surface area is 164 Å². The summed E-state index contributed by atoms with van der Waals surface area (Å²) in [6, 6.07) is 16.3. The van der Waals surface area contributed by atoms with Gasteiger partial charge in [-0.05, 0) is 51.0 Å². The minimum Gasteiger partial charge on any atom is -0.446 e. The number of imide groups is 1. The van der Waals surface area contributed by atoms with E-state index in [4.69, 9.17) is 9.47 Å². The molecule has 0 aromatic heterocycles. The second kappa shape index (κ2) is 9.55. The summed E-state index contributed by atoms with van der Waals surface area (Å²) >= 11 is 0. The number of carbonyl (C=O) groups excluding carboxylic acids is 3. The van der Waals surface area contributed by atoms with Gasteiger partial charge in [0.2, 0.25) is 0 Å². The lowest BCUT2D eigenvalue weighted by Crippen LogP contribution is -2.51. The number of nitrogens with one attached hydrogen (secondary N) is 1. The molecule has 1 N–H and O–H groups in total. The van der Waals surface area contributed by atoms with Crippen molar-refractivity contribution < 1.29 is 23.9 Å². The molecule has 0 fully saturated rings. The van der Waals surface area contributed by atoms with Crippen LogP contribution >= 0.6 is 0 Å². The number of amides is 3. The summed E-state index contributed by atoms with van der Waals surface area (Å²) < 4.78 is 10.00. The Balaban J connectivity index is 2.22. The van der Waals surface area contributed by atoms with Crippen LogP contribution in [0.25, 0.3) is 11.1 Å². The second-order valence-corrected chi connectivity index (χ2v) is 6.58. The average molecular weight is 384 g/mol. The van der Waals surface area contributed by atoms with Gasteiger partial charge in [-0.15, -0.1) is 5.01 Å². The Hall–Kier alpha value is -3.35. The van der Waals surface area contributed by atoms with Gasteiger partial charge in [-0.2, -0.15) is 0 Å². The van der Waals surface area contributed by atoms with Crippen molar-refractivity contribution in [2.75, 3.05) is 0 Å². The van der Waals surface area contributed by atoms with E-state index in [1.54, 1.807) is 52.0 Å². The zero-order valence-corrected chi connectivity index (χ0v) is 16.3. The monoisotopic (exact) mass is 384 g/mol. The molecule has 0 radical (unpaired) electrons. The molecule has 0 saturated heterocycles. The molecular weight excluding hydrogens is 360 g/mol. The summed E-state index contributed by atoms with van der Waals surface area (Å²) in [6.45, 7) is 6.59. The average Bonchev–Trinajstić information content (AvgIpc) is 2.65. The fourth-order valence-electron chi connectivity index (χ4n) is 2.33. The number of ether oxygens (including phenoxy) is 2. The van der Waals surface area contributed by atoms with Crippen LogP contribution in [0, 0.1) is 0 Å². The zero-order chi connectivity index (χ0) is 20.7. The molecule has 0 aliphatic carbocycles. The molecule has 2 aromatic rings. The van der Waals surface area contributed by atoms with Gasteiger partial charge in [-0.25, -0.2) is 15.0 Å². The van der Waals surface area contributed by atoms with Crippen molar-refractivity contribution in [3.8, 4) is 11.1 Å². The molecule has 0 atom stereocenters. The van der Waals surface area contributed by atoms with Crippen LogP contribution in [0.2, 0.25) is 0 Å². The van der Waals surface area contributed by atoms with Crippen molar-refractivity contribution in [2.45, 2.75) is 39.9 Å². The van der Waals surface area contributed by atoms with E-state index in [2.05, 4.69) is 5.43 Å². The Kier molecular flexibility index (Phi) is 7.14. The number of benzene rings is 2. The molecule has 2 aromatic carbocycles. The summed E-state index contributed by atoms with van der Waals surface area (Å²) in [5.74, 6) is -0.731. The fraction of sp³-hybridized carbons (Fsp3) is 0.286. The molecule has 3 amide bonds. The molecule has 28 heavy (non-hydrogen) atoms. The summed E-state index contributed by atoms with van der Waals surface area (Å²) in [5, 5.41) is 0.516. The van der Waals surface area contributed by atoms with Crippen LogP contribution in [0.1, 0.15) is 38.1 Å². The first kappa shape index (κ1) is 21.0. The first-order chi connectivity index (χ1) is 13.3. The molecule has 148 valence electrons. The molecule has 2 rings (SSSR count). The van der Waals surface area contributed by atoms with E-state index in [0.717, 1.165) is 11.1 Å². The van der Waals surface area contributed by atoms with Crippen molar-refractivity contribution in [3.05, 3.63) is 60.2 Å². The molecule has 0 unspecified atom stereocenters. The van der Waals surface area contributed by atoms with Crippen LogP contribution in [0.15, 0.2) is 54.6 Å². The van der Waals surface area contributed by atoms with Crippen molar-refractivity contribution >= 4 is 18.1 Å². The van der Waals surface area contributed by atoms with Gasteiger partial charge >= 0.3 is 12.2 Å². The van der Waals surface area contributed by atoms with Gasteiger partial charge < -0.3 is 9.47 Å². The minimum absolute atomic E-state index is 0.213. The number of carbonyl (C=O) groups is 3. The molecule has 0 saturated carbocycles. The van der Waals surface area contributed by atoms with Gasteiger partial charge in [0.15, 0.2) is 0 Å². The second-order valence-electron chi connectivity index (χ2n) is 6.58. The van der Waals surface area contributed by atoms with E-state index < -0.39 is 30.3 Å². The van der Waals surface area contributed by atoms with Gasteiger partial charge in [0.25, 0.3) is 5.91 Å². The number of nitrogens with zero attached hydrogens (tertiary/aromatic N) is 1. The van der Waals surface area contributed by atoms with Crippen LogP contribution in [0.5, 0.6) is 0 Å². The first-order valence-electron chi connectivity index (χ1n) is 8.95. The highest BCUT2D eigenvalue weighted by Crippen LogP contribution is 2.20. The number of rotatable bonds is 4. The third-order valence-corrected chi connectivity index (χ3v) is 3.51. The summed E-state index contributed by atoms with van der Waals surface area (Å²) in [6.07, 6.45) is -2.80. The van der Waals surface area contributed by atoms with Gasteiger partial charge in [0.1, 0.15) is 0 Å². The van der Waals surface area contributed by atoms with Crippen molar-refractivity contribution in [2.24, 2.45) is 0 Å². The molecule has 0 heterocycles. The lowest BCUT2D eigenvalue weighted by atomic mass is 10.0. The standard InChI is InChI=1S/C21H24N2O5/c1-14(2)27-20(25)22-23(21(26)28-15(3)4)19(24)18-12-10-17(11-13-18)16-8-6-5-7-9-16/h5-15H,1-4H3,(H,22,25). The quantitative estimate of drug-likeness (QED) is 0.790. The van der Waals surface area contributed by atoms with Gasteiger partial charge in [-0.3, -0.25) is 4.79 Å². The minimum atomic E-state index is -0.993. The third kappa shape index (κ3) is 5.84. The van der Waals surface area contributed by atoms with E-state index in [9.17, 15) is 14.4 Å². The highest BCUT2D eigenvalue weighted by molar-refractivity contribution is 6.03. The molecular formula is C21H24N2O5. The maximum absolute atomic E-state index is 12.8. The first-order valence-corrected chi connectivity index (χ1v) is 8.95. The largest absolute Gasteiger partial charge is 0.446 e. The molecule has 7 nitrogen and oxygen atoms in total. The fourth-order valence-corrected chi connectivity index (χ4v) is 2.33. The van der Waals surface area contributed by atoms with Gasteiger partial charge in [-0.1, -0.05) is 42.5 Å². The summed E-state index contributed by atoms with van der Waals surface area (Å²) in [4.78, 5) is 37.0. The van der Waals surface area contributed by atoms with Crippen LogP contribution in [-0.4, -0.2) is 35.3 Å². The lowest BCUT2D eigenvalue weighted by molar-refractivity contribution is 0.0383. The molecule has 0 aliphatic heterocycles. The SMILES string of the molecule is CC(C)OC(=O)NN(C(=O)OC(C)C)C(=O)c1ccc(-c2ccccc2)cc1. The van der Waals surface area contributed by atoms with Crippen molar-refractivity contribution in [1.82, 2.24) is 10.4 Å². The smallest absolute Gasteiger partial charge is 0.436 e. The predicted molar refractivity (Wildman–Crippen MR) is 104 cm³/mol. The molecule has 7 heteroatoms.